The molecule has 1 aliphatic heterocycles. The molecule has 0 aromatic heterocycles. The van der Waals surface area contributed by atoms with Crippen molar-refractivity contribution >= 4 is 29.8 Å². The van der Waals surface area contributed by atoms with Gasteiger partial charge in [-0.15, -0.1) is 0 Å². The average Bonchev–Trinajstić information content (AvgIpc) is 3.45. The maximum atomic E-state index is 13.1. The molecule has 2 aromatic rings. The molecule has 12 heteroatoms. The summed E-state index contributed by atoms with van der Waals surface area (Å²) in [4.78, 5) is 58.9. The van der Waals surface area contributed by atoms with Gasteiger partial charge in [-0.3, -0.25) is 19.7 Å². The van der Waals surface area contributed by atoms with Gasteiger partial charge in [0.2, 0.25) is 5.91 Å². The number of ether oxygens (including phenoxy) is 1. The summed E-state index contributed by atoms with van der Waals surface area (Å²) < 4.78 is 4.69. The minimum absolute atomic E-state index is 0.0160. The highest BCUT2D eigenvalue weighted by atomic mass is 16.5. The number of rotatable bonds is 14. The number of aliphatic carboxylic acids is 2. The van der Waals surface area contributed by atoms with Crippen molar-refractivity contribution in [3.05, 3.63) is 65.7 Å². The van der Waals surface area contributed by atoms with Crippen molar-refractivity contribution in [2.75, 3.05) is 13.1 Å². The SMILES string of the molecule is CC(=O)Oc1ccccc1C(=O)O.NCCCC[C@H](N[C@@H](CCc1ccccc1)C(=O)O)C(=O)N1CCC[C@H]1C(=O)O. The Morgan fingerprint density at radius 1 is 0.952 bits per heavy atom. The number of nitrogens with two attached hydrogens (primary N) is 1. The van der Waals surface area contributed by atoms with Gasteiger partial charge in [0, 0.05) is 13.5 Å². The number of carbonyl (C=O) groups is 5. The molecule has 6 N–H and O–H groups in total. The fourth-order valence-corrected chi connectivity index (χ4v) is 4.62. The highest BCUT2D eigenvalue weighted by molar-refractivity contribution is 5.91. The van der Waals surface area contributed by atoms with Crippen LogP contribution >= 0.6 is 0 Å². The maximum Gasteiger partial charge on any atom is 0.339 e. The minimum Gasteiger partial charge on any atom is -0.480 e. The van der Waals surface area contributed by atoms with Crippen molar-refractivity contribution in [3.63, 3.8) is 0 Å². The number of hydrogen-bond acceptors (Lipinski definition) is 8. The fourth-order valence-electron chi connectivity index (χ4n) is 4.62. The first-order valence-corrected chi connectivity index (χ1v) is 13.8. The van der Waals surface area contributed by atoms with Crippen molar-refractivity contribution in [3.8, 4) is 5.75 Å². The third kappa shape index (κ3) is 10.9. The Labute approximate surface area is 244 Å². The van der Waals surface area contributed by atoms with Gasteiger partial charge >= 0.3 is 23.9 Å². The summed E-state index contributed by atoms with van der Waals surface area (Å²) in [6, 6.07) is 13.1. The Kier molecular flexibility index (Phi) is 14.1. The van der Waals surface area contributed by atoms with Gasteiger partial charge in [-0.05, 0) is 62.8 Å². The topological polar surface area (TPSA) is 197 Å². The van der Waals surface area contributed by atoms with Crippen LogP contribution in [0.15, 0.2) is 54.6 Å². The number of aryl methyl sites for hydroxylation is 1. The van der Waals surface area contributed by atoms with E-state index < -0.39 is 42.0 Å². The van der Waals surface area contributed by atoms with Crippen molar-refractivity contribution < 1.29 is 44.0 Å². The second-order valence-electron chi connectivity index (χ2n) is 9.84. The van der Waals surface area contributed by atoms with E-state index in [1.807, 2.05) is 30.3 Å². The molecule has 0 spiro atoms. The Bertz CT molecular complexity index is 1210. The monoisotopic (exact) mass is 585 g/mol. The van der Waals surface area contributed by atoms with Gasteiger partial charge in [0.1, 0.15) is 23.4 Å². The van der Waals surface area contributed by atoms with Crippen molar-refractivity contribution in [2.24, 2.45) is 5.73 Å². The Morgan fingerprint density at radius 3 is 2.21 bits per heavy atom. The summed E-state index contributed by atoms with van der Waals surface area (Å²) in [5.74, 6) is -3.95. The number of carbonyl (C=O) groups excluding carboxylic acids is 2. The number of likely N-dealkylation sites (tertiary alicyclic amines) is 1. The van der Waals surface area contributed by atoms with Crippen LogP contribution in [0.1, 0.15) is 61.4 Å². The quantitative estimate of drug-likeness (QED) is 0.124. The number of aromatic carboxylic acids is 1. The summed E-state index contributed by atoms with van der Waals surface area (Å²) in [6.07, 6.45) is 3.76. The summed E-state index contributed by atoms with van der Waals surface area (Å²) in [6.45, 7) is 2.09. The molecular weight excluding hydrogens is 546 g/mol. The third-order valence-corrected chi connectivity index (χ3v) is 6.70. The van der Waals surface area contributed by atoms with Crippen molar-refractivity contribution in [2.45, 2.75) is 70.0 Å². The predicted octanol–water partition coefficient (Wildman–Crippen LogP) is 2.55. The Morgan fingerprint density at radius 2 is 1.62 bits per heavy atom. The van der Waals surface area contributed by atoms with E-state index in [0.717, 1.165) is 12.0 Å². The van der Waals surface area contributed by atoms with Crippen molar-refractivity contribution in [1.82, 2.24) is 10.2 Å². The number of para-hydroxylation sites is 1. The lowest BCUT2D eigenvalue weighted by molar-refractivity contribution is -0.149. The average molecular weight is 586 g/mol. The van der Waals surface area contributed by atoms with Crippen LogP contribution in [0, 0.1) is 0 Å². The number of esters is 1. The maximum absolute atomic E-state index is 13.1. The van der Waals surface area contributed by atoms with Crippen LogP contribution in [-0.2, 0) is 25.6 Å². The highest BCUT2D eigenvalue weighted by Gasteiger charge is 2.38. The summed E-state index contributed by atoms with van der Waals surface area (Å²) in [7, 11) is 0. The van der Waals surface area contributed by atoms with E-state index in [-0.39, 0.29) is 17.2 Å². The van der Waals surface area contributed by atoms with Gasteiger partial charge in [0.15, 0.2) is 0 Å². The van der Waals surface area contributed by atoms with Gasteiger partial charge in [0.05, 0.1) is 6.04 Å². The largest absolute Gasteiger partial charge is 0.480 e. The van der Waals surface area contributed by atoms with Crippen LogP contribution in [0.4, 0.5) is 0 Å². The lowest BCUT2D eigenvalue weighted by Gasteiger charge is -2.29. The first-order chi connectivity index (χ1) is 20.0. The second kappa shape index (κ2) is 17.5. The van der Waals surface area contributed by atoms with Crippen LogP contribution in [0.25, 0.3) is 0 Å². The van der Waals surface area contributed by atoms with Crippen LogP contribution in [0.5, 0.6) is 5.75 Å². The molecule has 1 fully saturated rings. The molecule has 3 atom stereocenters. The molecule has 12 nitrogen and oxygen atoms in total. The van der Waals surface area contributed by atoms with Gasteiger partial charge in [-0.25, -0.2) is 9.59 Å². The molecule has 0 unspecified atom stereocenters. The molecular formula is C30H39N3O9. The molecule has 1 amide bonds. The first kappa shape index (κ1) is 33.9. The zero-order valence-electron chi connectivity index (χ0n) is 23.6. The standard InChI is InChI=1S/C21H31N3O5.C9H8O4/c22-13-5-4-9-16(19(25)24-14-6-10-18(24)21(28)29)23-17(20(26)27)12-11-15-7-2-1-3-8-15;1-6(10)13-8-5-3-2-4-7(8)9(11)12/h1-3,7-8,16-18,23H,4-6,9-14,22H2,(H,26,27)(H,28,29);2-5H,1H3,(H,11,12)/t16-,17-,18-;/m0./s1. The number of carboxylic acid groups (broad SMARTS) is 3. The fraction of sp³-hybridized carbons (Fsp3) is 0.433. The van der Waals surface area contributed by atoms with Crippen LogP contribution in [-0.4, -0.2) is 81.2 Å². The van der Waals surface area contributed by atoms with Gasteiger partial charge in [-0.2, -0.15) is 0 Å². The second-order valence-corrected chi connectivity index (χ2v) is 9.84. The van der Waals surface area contributed by atoms with E-state index in [4.69, 9.17) is 10.8 Å². The summed E-state index contributed by atoms with van der Waals surface area (Å²) in [5, 5.41) is 30.7. The van der Waals surface area contributed by atoms with Crippen LogP contribution in [0.2, 0.25) is 0 Å². The lowest BCUT2D eigenvalue weighted by atomic mass is 10.0. The number of benzene rings is 2. The lowest BCUT2D eigenvalue weighted by Crippen LogP contribution is -2.54. The highest BCUT2D eigenvalue weighted by Crippen LogP contribution is 2.21. The normalized spacial score (nSPS) is 15.6. The zero-order chi connectivity index (χ0) is 31.1. The van der Waals surface area contributed by atoms with Gasteiger partial charge < -0.3 is 30.7 Å². The molecule has 1 heterocycles. The van der Waals surface area contributed by atoms with E-state index in [0.29, 0.717) is 51.6 Å². The molecule has 1 aliphatic rings. The molecule has 228 valence electrons. The van der Waals surface area contributed by atoms with E-state index in [1.165, 1.54) is 24.0 Å². The molecule has 0 saturated carbocycles. The molecule has 0 radical (unpaired) electrons. The van der Waals surface area contributed by atoms with Crippen molar-refractivity contribution in [1.29, 1.82) is 0 Å². The van der Waals surface area contributed by atoms with E-state index in [9.17, 15) is 34.2 Å². The third-order valence-electron chi connectivity index (χ3n) is 6.70. The Balaban J connectivity index is 0.000000395. The number of nitrogens with zero attached hydrogens (tertiary/aromatic N) is 1. The molecule has 3 rings (SSSR count). The van der Waals surface area contributed by atoms with Gasteiger partial charge in [0.25, 0.3) is 0 Å². The minimum atomic E-state index is -1.11. The Hall–Kier alpha value is -4.29. The summed E-state index contributed by atoms with van der Waals surface area (Å²) >= 11 is 0. The summed E-state index contributed by atoms with van der Waals surface area (Å²) in [5.41, 5.74) is 6.56. The van der Waals surface area contributed by atoms with Crippen LogP contribution < -0.4 is 15.8 Å². The van der Waals surface area contributed by atoms with Crippen LogP contribution in [0.3, 0.4) is 0 Å². The van der Waals surface area contributed by atoms with Gasteiger partial charge in [-0.1, -0.05) is 48.9 Å². The zero-order valence-corrected chi connectivity index (χ0v) is 23.6. The number of carboxylic acids is 3. The van der Waals surface area contributed by atoms with E-state index >= 15 is 0 Å². The molecule has 2 aromatic carbocycles. The predicted molar refractivity (Wildman–Crippen MR) is 153 cm³/mol. The van der Waals surface area contributed by atoms with E-state index in [1.54, 1.807) is 12.1 Å². The molecule has 1 saturated heterocycles. The smallest absolute Gasteiger partial charge is 0.339 e. The number of hydrogen-bond donors (Lipinski definition) is 5. The van der Waals surface area contributed by atoms with E-state index in [2.05, 4.69) is 10.1 Å². The first-order valence-electron chi connectivity index (χ1n) is 13.8. The number of unbranched alkanes of at least 4 members (excludes halogenated alkanes) is 1. The molecule has 42 heavy (non-hydrogen) atoms. The number of nitrogens with one attached hydrogen (secondary N) is 1. The molecule has 0 bridgehead atoms. The number of amides is 1. The molecule has 0 aliphatic carbocycles.